The minimum absolute atomic E-state index is 0.0928. The number of carbonyl (C=O) groups excluding carboxylic acids is 1. The zero-order chi connectivity index (χ0) is 14.5. The van der Waals surface area contributed by atoms with Crippen molar-refractivity contribution in [2.24, 2.45) is 0 Å². The smallest absolute Gasteiger partial charge is 0.387 e. The molecule has 1 N–H and O–H groups in total. The summed E-state index contributed by atoms with van der Waals surface area (Å²) in [5.41, 5.74) is 0.536. The summed E-state index contributed by atoms with van der Waals surface area (Å²) in [6, 6.07) is 12.2. The van der Waals surface area contributed by atoms with Gasteiger partial charge in [-0.3, -0.25) is 4.79 Å². The summed E-state index contributed by atoms with van der Waals surface area (Å²) in [7, 11) is 0. The number of hydrogen-bond acceptors (Lipinski definition) is 2. The van der Waals surface area contributed by atoms with Crippen LogP contribution < -0.4 is 10.1 Å². The number of amides is 1. The van der Waals surface area contributed by atoms with Crippen LogP contribution in [-0.2, 0) is 0 Å². The van der Waals surface area contributed by atoms with Crippen LogP contribution in [0.5, 0.6) is 5.75 Å². The topological polar surface area (TPSA) is 38.3 Å². The number of alkyl halides is 2. The summed E-state index contributed by atoms with van der Waals surface area (Å²) in [5.74, 6) is -0.531. The second-order valence-electron chi connectivity index (χ2n) is 3.84. The highest BCUT2D eigenvalue weighted by molar-refractivity contribution is 6.30. The zero-order valence-electron chi connectivity index (χ0n) is 10.1. The van der Waals surface area contributed by atoms with Gasteiger partial charge in [-0.05, 0) is 36.4 Å². The molecule has 0 saturated carbocycles. The summed E-state index contributed by atoms with van der Waals surface area (Å²) in [6.45, 7) is -2.96. The van der Waals surface area contributed by atoms with E-state index < -0.39 is 12.5 Å². The van der Waals surface area contributed by atoms with Crippen LogP contribution in [0.25, 0.3) is 0 Å². The average Bonchev–Trinajstić information content (AvgIpc) is 2.41. The first-order chi connectivity index (χ1) is 9.56. The largest absolute Gasteiger partial charge is 0.433 e. The molecule has 20 heavy (non-hydrogen) atoms. The van der Waals surface area contributed by atoms with Crippen molar-refractivity contribution in [3.8, 4) is 5.75 Å². The van der Waals surface area contributed by atoms with Gasteiger partial charge in [-0.25, -0.2) is 0 Å². The van der Waals surface area contributed by atoms with E-state index >= 15 is 0 Å². The molecular formula is C14H10ClF2NO2. The summed E-state index contributed by atoms with van der Waals surface area (Å²) in [6.07, 6.45) is 0. The first-order valence-corrected chi connectivity index (χ1v) is 6.05. The van der Waals surface area contributed by atoms with Crippen molar-refractivity contribution in [3.63, 3.8) is 0 Å². The predicted octanol–water partition coefficient (Wildman–Crippen LogP) is 4.19. The van der Waals surface area contributed by atoms with Crippen LogP contribution in [-0.4, -0.2) is 12.5 Å². The number of ether oxygens (including phenoxy) is 1. The fourth-order valence-corrected chi connectivity index (χ4v) is 1.69. The Labute approximate surface area is 119 Å². The fourth-order valence-electron chi connectivity index (χ4n) is 1.56. The van der Waals surface area contributed by atoms with E-state index in [2.05, 4.69) is 10.1 Å². The van der Waals surface area contributed by atoms with E-state index in [9.17, 15) is 13.6 Å². The van der Waals surface area contributed by atoms with E-state index in [4.69, 9.17) is 11.6 Å². The van der Waals surface area contributed by atoms with Crippen molar-refractivity contribution < 1.29 is 18.3 Å². The average molecular weight is 298 g/mol. The summed E-state index contributed by atoms with van der Waals surface area (Å²) < 4.78 is 28.8. The van der Waals surface area contributed by atoms with Gasteiger partial charge in [0.1, 0.15) is 5.75 Å². The lowest BCUT2D eigenvalue weighted by Crippen LogP contribution is -2.13. The van der Waals surface area contributed by atoms with Crippen molar-refractivity contribution in [1.82, 2.24) is 0 Å². The first kappa shape index (κ1) is 14.3. The Bertz CT molecular complexity index is 602. The SMILES string of the molecule is O=C(Nc1ccccc1OC(F)F)c1ccc(Cl)cc1. The van der Waals surface area contributed by atoms with Gasteiger partial charge in [0.05, 0.1) is 5.69 Å². The molecular weight excluding hydrogens is 288 g/mol. The highest BCUT2D eigenvalue weighted by Crippen LogP contribution is 2.26. The van der Waals surface area contributed by atoms with Gasteiger partial charge in [0.25, 0.3) is 5.91 Å². The molecule has 0 aliphatic rings. The molecule has 0 heterocycles. The number of hydrogen-bond donors (Lipinski definition) is 1. The van der Waals surface area contributed by atoms with Gasteiger partial charge in [-0.15, -0.1) is 0 Å². The molecule has 2 aromatic carbocycles. The monoisotopic (exact) mass is 297 g/mol. The third-order valence-electron chi connectivity index (χ3n) is 2.46. The Kier molecular flexibility index (Phi) is 4.53. The number of carbonyl (C=O) groups is 1. The van der Waals surface area contributed by atoms with Gasteiger partial charge >= 0.3 is 6.61 Å². The molecule has 0 aliphatic carbocycles. The van der Waals surface area contributed by atoms with Crippen molar-refractivity contribution in [2.75, 3.05) is 5.32 Å². The minimum Gasteiger partial charge on any atom is -0.433 e. The van der Waals surface area contributed by atoms with Crippen LogP contribution in [0.3, 0.4) is 0 Å². The van der Waals surface area contributed by atoms with Gasteiger partial charge in [-0.1, -0.05) is 23.7 Å². The number of nitrogens with one attached hydrogen (secondary N) is 1. The molecule has 0 unspecified atom stereocenters. The quantitative estimate of drug-likeness (QED) is 0.919. The second-order valence-corrected chi connectivity index (χ2v) is 4.27. The molecule has 0 spiro atoms. The Morgan fingerprint density at radius 3 is 2.40 bits per heavy atom. The number of para-hydroxylation sites is 2. The lowest BCUT2D eigenvalue weighted by atomic mass is 10.2. The molecule has 0 fully saturated rings. The van der Waals surface area contributed by atoms with E-state index in [1.165, 1.54) is 30.3 Å². The zero-order valence-corrected chi connectivity index (χ0v) is 10.9. The molecule has 0 radical (unpaired) electrons. The highest BCUT2D eigenvalue weighted by atomic mass is 35.5. The number of anilines is 1. The molecule has 0 aliphatic heterocycles. The van der Waals surface area contributed by atoms with E-state index in [1.807, 2.05) is 0 Å². The number of rotatable bonds is 4. The molecule has 104 valence electrons. The van der Waals surface area contributed by atoms with E-state index in [1.54, 1.807) is 18.2 Å². The van der Waals surface area contributed by atoms with Crippen LogP contribution in [0.2, 0.25) is 5.02 Å². The third-order valence-corrected chi connectivity index (χ3v) is 2.71. The Morgan fingerprint density at radius 2 is 1.75 bits per heavy atom. The van der Waals surface area contributed by atoms with Crippen LogP contribution in [0.1, 0.15) is 10.4 Å². The fraction of sp³-hybridized carbons (Fsp3) is 0.0714. The van der Waals surface area contributed by atoms with E-state index in [0.717, 1.165) is 0 Å². The minimum atomic E-state index is -2.96. The van der Waals surface area contributed by atoms with Crippen LogP contribution >= 0.6 is 11.6 Å². The summed E-state index contributed by atoms with van der Waals surface area (Å²) in [5, 5.41) is 3.01. The standard InChI is InChI=1S/C14H10ClF2NO2/c15-10-7-5-9(6-8-10)13(19)18-11-3-1-2-4-12(11)20-14(16)17/h1-8,14H,(H,18,19). The van der Waals surface area contributed by atoms with Crippen molar-refractivity contribution in [2.45, 2.75) is 6.61 Å². The molecule has 0 bridgehead atoms. The number of halogens is 3. The highest BCUT2D eigenvalue weighted by Gasteiger charge is 2.12. The molecule has 0 saturated heterocycles. The Morgan fingerprint density at radius 1 is 1.10 bits per heavy atom. The molecule has 1 amide bonds. The predicted molar refractivity (Wildman–Crippen MR) is 72.5 cm³/mol. The third kappa shape index (κ3) is 3.68. The Balaban J connectivity index is 2.17. The van der Waals surface area contributed by atoms with Crippen molar-refractivity contribution in [3.05, 3.63) is 59.1 Å². The normalized spacial score (nSPS) is 10.4. The summed E-state index contributed by atoms with van der Waals surface area (Å²) >= 11 is 5.72. The van der Waals surface area contributed by atoms with Gasteiger partial charge in [0.15, 0.2) is 0 Å². The van der Waals surface area contributed by atoms with Crippen molar-refractivity contribution >= 4 is 23.2 Å². The van der Waals surface area contributed by atoms with Crippen molar-refractivity contribution in [1.29, 1.82) is 0 Å². The van der Waals surface area contributed by atoms with Crippen LogP contribution in [0.4, 0.5) is 14.5 Å². The van der Waals surface area contributed by atoms with Gasteiger partial charge in [-0.2, -0.15) is 8.78 Å². The molecule has 6 heteroatoms. The van der Waals surface area contributed by atoms with E-state index in [-0.39, 0.29) is 11.4 Å². The van der Waals surface area contributed by atoms with Gasteiger partial charge < -0.3 is 10.1 Å². The second kappa shape index (κ2) is 6.34. The maximum atomic E-state index is 12.3. The van der Waals surface area contributed by atoms with Crippen LogP contribution in [0, 0.1) is 0 Å². The molecule has 0 atom stereocenters. The lowest BCUT2D eigenvalue weighted by molar-refractivity contribution is -0.0493. The van der Waals surface area contributed by atoms with E-state index in [0.29, 0.717) is 10.6 Å². The maximum Gasteiger partial charge on any atom is 0.387 e. The van der Waals surface area contributed by atoms with Gasteiger partial charge in [0.2, 0.25) is 0 Å². The molecule has 0 aromatic heterocycles. The van der Waals surface area contributed by atoms with Crippen LogP contribution in [0.15, 0.2) is 48.5 Å². The molecule has 2 aromatic rings. The first-order valence-electron chi connectivity index (χ1n) is 5.67. The van der Waals surface area contributed by atoms with Gasteiger partial charge in [0, 0.05) is 10.6 Å². The maximum absolute atomic E-state index is 12.3. The molecule has 3 nitrogen and oxygen atoms in total. The lowest BCUT2D eigenvalue weighted by Gasteiger charge is -2.11. The number of benzene rings is 2. The Hall–Kier alpha value is -2.14. The summed E-state index contributed by atoms with van der Waals surface area (Å²) in [4.78, 5) is 12.0. The molecule has 2 rings (SSSR count).